The molecular weight excluding hydrogens is 422 g/mol. The van der Waals surface area contributed by atoms with E-state index in [9.17, 15) is 4.79 Å². The second-order valence-corrected chi connectivity index (χ2v) is 9.55. The summed E-state index contributed by atoms with van der Waals surface area (Å²) in [5.74, 6) is 0.969. The van der Waals surface area contributed by atoms with Gasteiger partial charge in [-0.1, -0.05) is 25.5 Å². The van der Waals surface area contributed by atoms with Crippen LogP contribution >= 0.6 is 34.4 Å². The molecule has 0 fully saturated rings. The number of anilines is 2. The Labute approximate surface area is 183 Å². The number of rotatable bonds is 11. The van der Waals surface area contributed by atoms with E-state index in [4.69, 9.17) is 5.11 Å². The predicted molar refractivity (Wildman–Crippen MR) is 125 cm³/mol. The van der Waals surface area contributed by atoms with Crippen LogP contribution in [0.1, 0.15) is 40.0 Å². The van der Waals surface area contributed by atoms with Crippen LogP contribution in [0.4, 0.5) is 10.8 Å². The van der Waals surface area contributed by atoms with E-state index in [2.05, 4.69) is 40.7 Å². The third-order valence-electron chi connectivity index (χ3n) is 4.12. The number of carbonyl (C=O) groups excluding carboxylic acids is 1. The maximum atomic E-state index is 12.5. The minimum atomic E-state index is -0.151. The molecule has 1 aromatic carbocycles. The molecule has 3 aromatic rings. The SMILES string of the molecule is CCCCSc1ccccc1NCc1ccc(C(=O)Nc2nc(CCO)cs2)s1. The highest BCUT2D eigenvalue weighted by Crippen LogP contribution is 2.29. The highest BCUT2D eigenvalue weighted by Gasteiger charge is 2.12. The number of aliphatic hydroxyl groups is 1. The minimum Gasteiger partial charge on any atom is -0.396 e. The van der Waals surface area contributed by atoms with Crippen molar-refractivity contribution in [3.8, 4) is 0 Å². The molecule has 29 heavy (non-hydrogen) atoms. The normalized spacial score (nSPS) is 10.8. The Morgan fingerprint density at radius 2 is 2.10 bits per heavy atom. The van der Waals surface area contributed by atoms with Crippen LogP contribution in [0.2, 0.25) is 0 Å². The molecule has 0 aliphatic rings. The van der Waals surface area contributed by atoms with Gasteiger partial charge in [0.15, 0.2) is 5.13 Å². The molecule has 0 atom stereocenters. The average molecular weight is 448 g/mol. The van der Waals surface area contributed by atoms with Crippen LogP contribution in [0.5, 0.6) is 0 Å². The lowest BCUT2D eigenvalue weighted by Gasteiger charge is -2.10. The third kappa shape index (κ3) is 6.57. The van der Waals surface area contributed by atoms with Crippen molar-refractivity contribution in [1.82, 2.24) is 4.98 Å². The Hall–Kier alpha value is -1.87. The van der Waals surface area contributed by atoms with Gasteiger partial charge in [0.1, 0.15) is 0 Å². The maximum Gasteiger partial charge on any atom is 0.267 e. The molecule has 8 heteroatoms. The lowest BCUT2D eigenvalue weighted by Crippen LogP contribution is -2.10. The zero-order valence-electron chi connectivity index (χ0n) is 16.3. The number of para-hydroxylation sites is 1. The smallest absolute Gasteiger partial charge is 0.267 e. The fraction of sp³-hybridized carbons (Fsp3) is 0.333. The molecule has 3 rings (SSSR count). The molecule has 0 aliphatic carbocycles. The van der Waals surface area contributed by atoms with E-state index in [0.29, 0.717) is 23.0 Å². The number of thiophene rings is 1. The number of nitrogens with zero attached hydrogens (tertiary/aromatic N) is 1. The number of aliphatic hydroxyl groups excluding tert-OH is 1. The molecule has 0 saturated carbocycles. The predicted octanol–water partition coefficient (Wildman–Crippen LogP) is 5.50. The van der Waals surface area contributed by atoms with Crippen LogP contribution < -0.4 is 10.6 Å². The van der Waals surface area contributed by atoms with Crippen molar-refractivity contribution in [3.05, 3.63) is 57.2 Å². The molecule has 154 valence electrons. The fourth-order valence-electron chi connectivity index (χ4n) is 2.59. The number of benzene rings is 1. The van der Waals surface area contributed by atoms with E-state index in [1.807, 2.05) is 35.3 Å². The topological polar surface area (TPSA) is 74.2 Å². The van der Waals surface area contributed by atoms with Crippen molar-refractivity contribution in [2.75, 3.05) is 23.0 Å². The van der Waals surface area contributed by atoms with Gasteiger partial charge in [0.25, 0.3) is 5.91 Å². The van der Waals surface area contributed by atoms with Gasteiger partial charge in [0, 0.05) is 40.4 Å². The third-order valence-corrected chi connectivity index (χ3v) is 7.17. The number of aromatic nitrogens is 1. The van der Waals surface area contributed by atoms with Crippen LogP contribution in [0.25, 0.3) is 0 Å². The molecule has 0 saturated heterocycles. The summed E-state index contributed by atoms with van der Waals surface area (Å²) in [6.45, 7) is 2.94. The molecule has 0 aliphatic heterocycles. The van der Waals surface area contributed by atoms with E-state index in [1.54, 1.807) is 0 Å². The van der Waals surface area contributed by atoms with E-state index in [1.165, 1.54) is 40.4 Å². The number of thiazole rings is 1. The quantitative estimate of drug-likeness (QED) is 0.267. The van der Waals surface area contributed by atoms with E-state index in [-0.39, 0.29) is 12.5 Å². The van der Waals surface area contributed by atoms with Gasteiger partial charge in [-0.2, -0.15) is 0 Å². The van der Waals surface area contributed by atoms with Gasteiger partial charge in [0.05, 0.1) is 10.6 Å². The lowest BCUT2D eigenvalue weighted by molar-refractivity contribution is 0.103. The number of unbranched alkanes of at least 4 members (excludes halogenated alkanes) is 1. The monoisotopic (exact) mass is 447 g/mol. The van der Waals surface area contributed by atoms with Gasteiger partial charge >= 0.3 is 0 Å². The van der Waals surface area contributed by atoms with Crippen molar-refractivity contribution >= 4 is 51.2 Å². The highest BCUT2D eigenvalue weighted by molar-refractivity contribution is 7.99. The lowest BCUT2D eigenvalue weighted by atomic mass is 10.3. The first kappa shape index (κ1) is 21.8. The van der Waals surface area contributed by atoms with Crippen LogP contribution in [-0.2, 0) is 13.0 Å². The van der Waals surface area contributed by atoms with Crippen LogP contribution in [0.3, 0.4) is 0 Å². The van der Waals surface area contributed by atoms with E-state index >= 15 is 0 Å². The summed E-state index contributed by atoms with van der Waals surface area (Å²) >= 11 is 4.73. The average Bonchev–Trinajstić information content (AvgIpc) is 3.37. The Morgan fingerprint density at radius 1 is 1.24 bits per heavy atom. The fourth-order valence-corrected chi connectivity index (χ4v) is 5.30. The van der Waals surface area contributed by atoms with E-state index < -0.39 is 0 Å². The molecular formula is C21H25N3O2S3. The van der Waals surface area contributed by atoms with Crippen molar-refractivity contribution in [2.45, 2.75) is 37.6 Å². The van der Waals surface area contributed by atoms with Gasteiger partial charge in [-0.05, 0) is 36.4 Å². The van der Waals surface area contributed by atoms with E-state index in [0.717, 1.165) is 22.0 Å². The standard InChI is InChI=1S/C21H25N3O2S3/c1-2-3-12-27-18-7-5-4-6-17(18)22-13-16-8-9-19(29-16)20(26)24-21-23-15(10-11-25)14-28-21/h4-9,14,22,25H,2-3,10-13H2,1H3,(H,23,24,26). The molecule has 0 radical (unpaired) electrons. The minimum absolute atomic E-state index is 0.0542. The van der Waals surface area contributed by atoms with Gasteiger partial charge in [-0.15, -0.1) is 34.4 Å². The number of hydrogen-bond acceptors (Lipinski definition) is 7. The van der Waals surface area contributed by atoms with Crippen LogP contribution in [0, 0.1) is 0 Å². The maximum absolute atomic E-state index is 12.5. The van der Waals surface area contributed by atoms with Gasteiger partial charge in [-0.3, -0.25) is 10.1 Å². The van der Waals surface area contributed by atoms with Crippen LogP contribution in [0.15, 0.2) is 46.7 Å². The summed E-state index contributed by atoms with van der Waals surface area (Å²) < 4.78 is 0. The highest BCUT2D eigenvalue weighted by atomic mass is 32.2. The van der Waals surface area contributed by atoms with Crippen LogP contribution in [-0.4, -0.2) is 28.4 Å². The Kier molecular flexibility index (Phi) is 8.54. The first-order valence-corrected chi connectivity index (χ1v) is 12.3. The summed E-state index contributed by atoms with van der Waals surface area (Å²) in [6.07, 6.45) is 2.91. The molecule has 1 amide bonds. The first-order valence-electron chi connectivity index (χ1n) is 9.60. The van der Waals surface area contributed by atoms with Gasteiger partial charge < -0.3 is 10.4 Å². The Bertz CT molecular complexity index is 923. The Balaban J connectivity index is 1.55. The number of thioether (sulfide) groups is 1. The Morgan fingerprint density at radius 3 is 2.93 bits per heavy atom. The summed E-state index contributed by atoms with van der Waals surface area (Å²) in [7, 11) is 0. The number of amides is 1. The van der Waals surface area contributed by atoms with Crippen molar-refractivity contribution < 1.29 is 9.90 Å². The van der Waals surface area contributed by atoms with Gasteiger partial charge in [-0.25, -0.2) is 4.98 Å². The molecule has 0 spiro atoms. The molecule has 0 bridgehead atoms. The first-order chi connectivity index (χ1) is 14.2. The second kappa shape index (κ2) is 11.3. The number of hydrogen-bond donors (Lipinski definition) is 3. The summed E-state index contributed by atoms with van der Waals surface area (Å²) in [5, 5.41) is 17.7. The van der Waals surface area contributed by atoms with Crippen molar-refractivity contribution in [3.63, 3.8) is 0 Å². The number of carbonyl (C=O) groups is 1. The molecule has 3 N–H and O–H groups in total. The summed E-state index contributed by atoms with van der Waals surface area (Å²) in [5.41, 5.74) is 1.92. The van der Waals surface area contributed by atoms with Crippen molar-refractivity contribution in [1.29, 1.82) is 0 Å². The van der Waals surface area contributed by atoms with Crippen molar-refractivity contribution in [2.24, 2.45) is 0 Å². The second-order valence-electron chi connectivity index (χ2n) is 6.39. The zero-order chi connectivity index (χ0) is 20.5. The molecule has 2 aromatic heterocycles. The molecule has 0 unspecified atom stereocenters. The largest absolute Gasteiger partial charge is 0.396 e. The van der Waals surface area contributed by atoms with Gasteiger partial charge in [0.2, 0.25) is 0 Å². The summed E-state index contributed by atoms with van der Waals surface area (Å²) in [4.78, 5) is 19.8. The zero-order valence-corrected chi connectivity index (χ0v) is 18.8. The summed E-state index contributed by atoms with van der Waals surface area (Å²) in [6, 6.07) is 12.2. The molecule has 5 nitrogen and oxygen atoms in total. The number of nitrogens with one attached hydrogen (secondary N) is 2. The molecule has 2 heterocycles.